The molecular formula is C12H10N2O2S. The van der Waals surface area contributed by atoms with Crippen LogP contribution in [0.5, 0.6) is 5.75 Å². The van der Waals surface area contributed by atoms with Gasteiger partial charge in [0.2, 0.25) is 0 Å². The van der Waals surface area contributed by atoms with Gasteiger partial charge in [0, 0.05) is 4.88 Å². The van der Waals surface area contributed by atoms with E-state index in [1.165, 1.54) is 23.5 Å². The second-order valence-electron chi connectivity index (χ2n) is 3.23. The summed E-state index contributed by atoms with van der Waals surface area (Å²) in [6.45, 7) is 0. The molecule has 0 aliphatic heterocycles. The second kappa shape index (κ2) is 5.27. The van der Waals surface area contributed by atoms with Gasteiger partial charge in [-0.15, -0.1) is 11.3 Å². The Hall–Kier alpha value is -2.14. The van der Waals surface area contributed by atoms with Gasteiger partial charge in [-0.25, -0.2) is 5.43 Å². The number of hydrogen-bond donors (Lipinski definition) is 2. The van der Waals surface area contributed by atoms with Crippen LogP contribution >= 0.6 is 11.3 Å². The molecule has 0 radical (unpaired) electrons. The Kier molecular flexibility index (Phi) is 3.52. The van der Waals surface area contributed by atoms with Crippen molar-refractivity contribution < 1.29 is 9.90 Å². The molecule has 0 aliphatic rings. The van der Waals surface area contributed by atoms with E-state index in [1.54, 1.807) is 18.3 Å². The summed E-state index contributed by atoms with van der Waals surface area (Å²) in [5.41, 5.74) is 2.56. The molecule has 0 bridgehead atoms. The summed E-state index contributed by atoms with van der Waals surface area (Å²) in [5.74, 6) is -0.493. The van der Waals surface area contributed by atoms with E-state index in [1.807, 2.05) is 17.5 Å². The molecule has 0 unspecified atom stereocenters. The Morgan fingerprint density at radius 3 is 2.82 bits per heavy atom. The molecule has 0 saturated heterocycles. The van der Waals surface area contributed by atoms with Crippen molar-refractivity contribution in [2.45, 2.75) is 0 Å². The standard InChI is InChI=1S/C12H10N2O2S/c15-11-6-2-1-5-10(11)12(16)14-13-8-9-4-3-7-17-9/h1-8,15H,(H,14,16). The van der Waals surface area contributed by atoms with E-state index in [4.69, 9.17) is 0 Å². The van der Waals surface area contributed by atoms with Gasteiger partial charge in [-0.05, 0) is 23.6 Å². The van der Waals surface area contributed by atoms with Crippen molar-refractivity contribution in [1.29, 1.82) is 0 Å². The molecule has 2 N–H and O–H groups in total. The third-order valence-corrected chi connectivity index (χ3v) is 2.86. The van der Waals surface area contributed by atoms with Crippen molar-refractivity contribution in [3.63, 3.8) is 0 Å². The summed E-state index contributed by atoms with van der Waals surface area (Å²) < 4.78 is 0. The van der Waals surface area contributed by atoms with Crippen molar-refractivity contribution >= 4 is 23.5 Å². The number of phenolic OH excluding ortho intramolecular Hbond substituents is 1. The predicted octanol–water partition coefficient (Wildman–Crippen LogP) is 2.22. The summed E-state index contributed by atoms with van der Waals surface area (Å²) in [7, 11) is 0. The van der Waals surface area contributed by atoms with Gasteiger partial charge in [-0.2, -0.15) is 5.10 Å². The van der Waals surface area contributed by atoms with E-state index >= 15 is 0 Å². The first-order valence-electron chi connectivity index (χ1n) is 4.92. The number of thiophene rings is 1. The maximum Gasteiger partial charge on any atom is 0.275 e. The van der Waals surface area contributed by atoms with Crippen molar-refractivity contribution in [1.82, 2.24) is 5.43 Å². The number of nitrogens with zero attached hydrogens (tertiary/aromatic N) is 1. The van der Waals surface area contributed by atoms with Gasteiger partial charge in [-0.1, -0.05) is 18.2 Å². The van der Waals surface area contributed by atoms with Gasteiger partial charge in [0.05, 0.1) is 11.8 Å². The highest BCUT2D eigenvalue weighted by Gasteiger charge is 2.08. The van der Waals surface area contributed by atoms with Crippen LogP contribution < -0.4 is 5.43 Å². The van der Waals surface area contributed by atoms with Crippen LogP contribution in [0.4, 0.5) is 0 Å². The van der Waals surface area contributed by atoms with E-state index < -0.39 is 5.91 Å². The molecule has 2 rings (SSSR count). The summed E-state index contributed by atoms with van der Waals surface area (Å²) in [5, 5.41) is 15.2. The Morgan fingerprint density at radius 2 is 2.12 bits per heavy atom. The molecule has 1 aromatic carbocycles. The number of aromatic hydroxyl groups is 1. The average Bonchev–Trinajstić information content (AvgIpc) is 2.82. The fourth-order valence-electron chi connectivity index (χ4n) is 1.25. The number of carbonyl (C=O) groups is 1. The van der Waals surface area contributed by atoms with Crippen LogP contribution in [0.3, 0.4) is 0 Å². The lowest BCUT2D eigenvalue weighted by Gasteiger charge is -2.01. The quantitative estimate of drug-likeness (QED) is 0.644. The van der Waals surface area contributed by atoms with Gasteiger partial charge < -0.3 is 5.11 Å². The van der Waals surface area contributed by atoms with E-state index in [0.29, 0.717) is 0 Å². The molecule has 0 fully saturated rings. The van der Waals surface area contributed by atoms with E-state index in [0.717, 1.165) is 4.88 Å². The van der Waals surface area contributed by atoms with Crippen LogP contribution in [0, 0.1) is 0 Å². The van der Waals surface area contributed by atoms with Crippen LogP contribution in [0.2, 0.25) is 0 Å². The van der Waals surface area contributed by atoms with Crippen LogP contribution in [0.15, 0.2) is 46.9 Å². The fourth-order valence-corrected chi connectivity index (χ4v) is 1.83. The summed E-state index contributed by atoms with van der Waals surface area (Å²) in [6.07, 6.45) is 1.56. The number of carbonyl (C=O) groups excluding carboxylic acids is 1. The lowest BCUT2D eigenvalue weighted by atomic mass is 10.2. The highest BCUT2D eigenvalue weighted by Crippen LogP contribution is 2.14. The summed E-state index contributed by atoms with van der Waals surface area (Å²) in [4.78, 5) is 12.6. The highest BCUT2D eigenvalue weighted by atomic mass is 32.1. The molecule has 0 atom stereocenters. The topological polar surface area (TPSA) is 61.7 Å². The zero-order chi connectivity index (χ0) is 12.1. The fraction of sp³-hybridized carbons (Fsp3) is 0. The lowest BCUT2D eigenvalue weighted by molar-refractivity contribution is 0.0952. The zero-order valence-corrected chi connectivity index (χ0v) is 9.65. The molecule has 2 aromatic rings. The number of nitrogens with one attached hydrogen (secondary N) is 1. The molecule has 17 heavy (non-hydrogen) atoms. The average molecular weight is 246 g/mol. The number of benzene rings is 1. The monoisotopic (exact) mass is 246 g/mol. The third kappa shape index (κ3) is 2.92. The smallest absolute Gasteiger partial charge is 0.275 e. The SMILES string of the molecule is O=C(NN=Cc1cccs1)c1ccccc1O. The number of amides is 1. The van der Waals surface area contributed by atoms with E-state index in [9.17, 15) is 9.90 Å². The largest absolute Gasteiger partial charge is 0.507 e. The van der Waals surface area contributed by atoms with Crippen molar-refractivity contribution in [2.75, 3.05) is 0 Å². The second-order valence-corrected chi connectivity index (χ2v) is 4.21. The molecule has 1 heterocycles. The van der Waals surface area contributed by atoms with Crippen LogP contribution in [-0.2, 0) is 0 Å². The lowest BCUT2D eigenvalue weighted by Crippen LogP contribution is -2.17. The van der Waals surface area contributed by atoms with Gasteiger partial charge >= 0.3 is 0 Å². The molecule has 0 aliphatic carbocycles. The Bertz CT molecular complexity index is 535. The molecule has 5 heteroatoms. The van der Waals surface area contributed by atoms with Gasteiger partial charge in [0.25, 0.3) is 5.91 Å². The minimum Gasteiger partial charge on any atom is -0.507 e. The molecule has 1 amide bonds. The van der Waals surface area contributed by atoms with Gasteiger partial charge in [0.1, 0.15) is 5.75 Å². The number of hydrogen-bond acceptors (Lipinski definition) is 4. The first kappa shape index (κ1) is 11.3. The number of para-hydroxylation sites is 1. The predicted molar refractivity (Wildman–Crippen MR) is 67.5 cm³/mol. The molecular weight excluding hydrogens is 236 g/mol. The van der Waals surface area contributed by atoms with Crippen LogP contribution in [0.25, 0.3) is 0 Å². The molecule has 86 valence electrons. The normalized spacial score (nSPS) is 10.6. The van der Waals surface area contributed by atoms with Gasteiger partial charge in [0.15, 0.2) is 0 Å². The maximum absolute atomic E-state index is 11.6. The first-order chi connectivity index (χ1) is 8.27. The van der Waals surface area contributed by atoms with Crippen molar-refractivity contribution in [3.05, 3.63) is 52.2 Å². The first-order valence-corrected chi connectivity index (χ1v) is 5.80. The van der Waals surface area contributed by atoms with Crippen molar-refractivity contribution in [2.24, 2.45) is 5.10 Å². The minimum atomic E-state index is -0.434. The van der Waals surface area contributed by atoms with E-state index in [-0.39, 0.29) is 11.3 Å². The van der Waals surface area contributed by atoms with Gasteiger partial charge in [-0.3, -0.25) is 4.79 Å². The molecule has 1 aromatic heterocycles. The maximum atomic E-state index is 11.6. The van der Waals surface area contributed by atoms with Crippen LogP contribution in [0.1, 0.15) is 15.2 Å². The Morgan fingerprint density at radius 1 is 1.29 bits per heavy atom. The number of phenols is 1. The minimum absolute atomic E-state index is 0.0590. The highest BCUT2D eigenvalue weighted by molar-refractivity contribution is 7.11. The summed E-state index contributed by atoms with van der Waals surface area (Å²) in [6, 6.07) is 10.1. The Balaban J connectivity index is 2.01. The van der Waals surface area contributed by atoms with E-state index in [2.05, 4.69) is 10.5 Å². The number of rotatable bonds is 3. The molecule has 4 nitrogen and oxygen atoms in total. The molecule has 0 spiro atoms. The molecule has 0 saturated carbocycles. The third-order valence-electron chi connectivity index (χ3n) is 2.05. The number of hydrazone groups is 1. The van der Waals surface area contributed by atoms with Crippen LogP contribution in [-0.4, -0.2) is 17.2 Å². The zero-order valence-electron chi connectivity index (χ0n) is 8.83. The summed E-state index contributed by atoms with van der Waals surface area (Å²) >= 11 is 1.52. The Labute approximate surface area is 102 Å². The van der Waals surface area contributed by atoms with Crippen molar-refractivity contribution in [3.8, 4) is 5.75 Å².